The molecule has 0 aromatic carbocycles. The summed E-state index contributed by atoms with van der Waals surface area (Å²) in [6, 6.07) is -0.0658. The van der Waals surface area contributed by atoms with Crippen molar-refractivity contribution in [3.8, 4) is 0 Å². The van der Waals surface area contributed by atoms with E-state index in [9.17, 15) is 8.42 Å². The van der Waals surface area contributed by atoms with Crippen LogP contribution in [0.1, 0.15) is 40.0 Å². The second kappa shape index (κ2) is 6.19. The molecule has 18 heavy (non-hydrogen) atoms. The number of anilines is 1. The number of rotatable bonds is 7. The normalized spacial score (nSPS) is 12.2. The van der Waals surface area contributed by atoms with Crippen LogP contribution in [0.25, 0.3) is 0 Å². The van der Waals surface area contributed by atoms with E-state index in [1.54, 1.807) is 4.68 Å². The minimum absolute atomic E-state index is 0.0573. The molecule has 104 valence electrons. The summed E-state index contributed by atoms with van der Waals surface area (Å²) in [4.78, 5) is 0.0721. The van der Waals surface area contributed by atoms with E-state index in [0.717, 1.165) is 19.3 Å². The van der Waals surface area contributed by atoms with Crippen LogP contribution in [-0.4, -0.2) is 24.2 Å². The van der Waals surface area contributed by atoms with Gasteiger partial charge in [0.15, 0.2) is 5.82 Å². The van der Waals surface area contributed by atoms with Gasteiger partial charge in [0.2, 0.25) is 10.0 Å². The molecule has 0 fully saturated rings. The number of aromatic nitrogens is 2. The zero-order valence-corrected chi connectivity index (χ0v) is 12.0. The topological polar surface area (TPSA) is 90.0 Å². The maximum Gasteiger partial charge on any atom is 0.246 e. The number of hydrogen-bond donors (Lipinski definition) is 2. The molecule has 0 amide bonds. The maximum atomic E-state index is 12.2. The van der Waals surface area contributed by atoms with E-state index >= 15 is 0 Å². The monoisotopic (exact) mass is 274 g/mol. The first-order chi connectivity index (χ1) is 8.44. The molecule has 1 heterocycles. The van der Waals surface area contributed by atoms with E-state index in [0.29, 0.717) is 6.54 Å². The van der Waals surface area contributed by atoms with Crippen LogP contribution < -0.4 is 10.5 Å². The molecular formula is C11H22N4O2S. The van der Waals surface area contributed by atoms with E-state index in [4.69, 9.17) is 5.73 Å². The Morgan fingerprint density at radius 3 is 2.50 bits per heavy atom. The van der Waals surface area contributed by atoms with Crippen molar-refractivity contribution in [3.05, 3.63) is 6.20 Å². The number of nitrogens with one attached hydrogen (secondary N) is 1. The third-order valence-corrected chi connectivity index (χ3v) is 4.34. The zero-order valence-electron chi connectivity index (χ0n) is 11.2. The summed E-state index contributed by atoms with van der Waals surface area (Å²) in [6.45, 7) is 6.54. The Balaban J connectivity index is 2.97. The van der Waals surface area contributed by atoms with Crippen molar-refractivity contribution in [3.63, 3.8) is 0 Å². The molecule has 6 nitrogen and oxygen atoms in total. The van der Waals surface area contributed by atoms with Crippen LogP contribution in [0.2, 0.25) is 0 Å². The predicted octanol–water partition coefficient (Wildman–Crippen LogP) is 1.34. The molecule has 7 heteroatoms. The van der Waals surface area contributed by atoms with Crippen molar-refractivity contribution in [1.82, 2.24) is 14.5 Å². The molecule has 3 N–H and O–H groups in total. The number of nitrogens with zero attached hydrogens (tertiary/aromatic N) is 2. The lowest BCUT2D eigenvalue weighted by Gasteiger charge is -2.14. The van der Waals surface area contributed by atoms with Crippen molar-refractivity contribution in [2.75, 3.05) is 5.73 Å². The summed E-state index contributed by atoms with van der Waals surface area (Å²) >= 11 is 0. The molecule has 0 saturated carbocycles. The minimum Gasteiger partial charge on any atom is -0.381 e. The Morgan fingerprint density at radius 2 is 2.00 bits per heavy atom. The molecule has 0 saturated heterocycles. The summed E-state index contributed by atoms with van der Waals surface area (Å²) in [5.41, 5.74) is 5.67. The highest BCUT2D eigenvalue weighted by Crippen LogP contribution is 2.17. The van der Waals surface area contributed by atoms with E-state index in [2.05, 4.69) is 9.82 Å². The lowest BCUT2D eigenvalue weighted by molar-refractivity contribution is 0.530. The van der Waals surface area contributed by atoms with E-state index < -0.39 is 10.0 Å². The molecular weight excluding hydrogens is 252 g/mol. The smallest absolute Gasteiger partial charge is 0.246 e. The molecule has 0 bridgehead atoms. The van der Waals surface area contributed by atoms with Gasteiger partial charge in [-0.15, -0.1) is 0 Å². The van der Waals surface area contributed by atoms with Crippen LogP contribution in [0.15, 0.2) is 11.1 Å². The van der Waals surface area contributed by atoms with E-state index in [-0.39, 0.29) is 16.8 Å². The maximum absolute atomic E-state index is 12.2. The summed E-state index contributed by atoms with van der Waals surface area (Å²) in [7, 11) is -3.57. The highest BCUT2D eigenvalue weighted by Gasteiger charge is 2.23. The van der Waals surface area contributed by atoms with Gasteiger partial charge in [-0.05, 0) is 19.3 Å². The molecule has 1 aromatic heterocycles. The summed E-state index contributed by atoms with van der Waals surface area (Å²) in [5, 5.41) is 4.00. The number of hydrogen-bond acceptors (Lipinski definition) is 4. The van der Waals surface area contributed by atoms with Crippen LogP contribution in [0.4, 0.5) is 5.82 Å². The third kappa shape index (κ3) is 3.46. The quantitative estimate of drug-likeness (QED) is 0.785. The molecule has 1 aromatic rings. The molecule has 0 aliphatic heterocycles. The van der Waals surface area contributed by atoms with Crippen molar-refractivity contribution in [2.24, 2.45) is 0 Å². The zero-order chi connectivity index (χ0) is 13.8. The van der Waals surface area contributed by atoms with Crippen LogP contribution >= 0.6 is 0 Å². The molecule has 0 aliphatic rings. The Hall–Kier alpha value is -1.08. The van der Waals surface area contributed by atoms with Crippen LogP contribution in [0.5, 0.6) is 0 Å². The van der Waals surface area contributed by atoms with Gasteiger partial charge in [-0.2, -0.15) is 5.10 Å². The Bertz CT molecular complexity index is 477. The standard InChI is InChI=1S/C11H22N4O2S/c1-4-7-15-8-10(11(12)13-15)18(16,17)14-9(5-2)6-3/h8-9,14H,4-7H2,1-3H3,(H2,12,13). The molecule has 1 rings (SSSR count). The number of nitrogen functional groups attached to an aromatic ring is 1. The molecule has 0 radical (unpaired) electrons. The van der Waals surface area contributed by atoms with E-state index in [1.165, 1.54) is 6.20 Å². The highest BCUT2D eigenvalue weighted by molar-refractivity contribution is 7.89. The van der Waals surface area contributed by atoms with Gasteiger partial charge in [0.1, 0.15) is 4.90 Å². The lowest BCUT2D eigenvalue weighted by Crippen LogP contribution is -2.34. The summed E-state index contributed by atoms with van der Waals surface area (Å²) < 4.78 is 28.5. The Kier molecular flexibility index (Phi) is 5.15. The van der Waals surface area contributed by atoms with Gasteiger partial charge in [-0.25, -0.2) is 13.1 Å². The summed E-state index contributed by atoms with van der Waals surface area (Å²) in [6.07, 6.45) is 3.86. The second-order valence-electron chi connectivity index (χ2n) is 4.28. The largest absolute Gasteiger partial charge is 0.381 e. The average Bonchev–Trinajstić information content (AvgIpc) is 2.68. The van der Waals surface area contributed by atoms with Gasteiger partial charge in [0.25, 0.3) is 0 Å². The summed E-state index contributed by atoms with van der Waals surface area (Å²) in [5.74, 6) is 0.0573. The van der Waals surface area contributed by atoms with Crippen molar-refractivity contribution >= 4 is 15.8 Å². The van der Waals surface area contributed by atoms with Crippen LogP contribution in [0.3, 0.4) is 0 Å². The van der Waals surface area contributed by atoms with Gasteiger partial charge in [-0.1, -0.05) is 20.8 Å². The Labute approximate surface area is 109 Å². The van der Waals surface area contributed by atoms with Crippen LogP contribution in [0, 0.1) is 0 Å². The Morgan fingerprint density at radius 1 is 1.39 bits per heavy atom. The first-order valence-electron chi connectivity index (χ1n) is 6.29. The SMILES string of the molecule is CCCn1cc(S(=O)(=O)NC(CC)CC)c(N)n1. The van der Waals surface area contributed by atoms with Gasteiger partial charge in [0.05, 0.1) is 0 Å². The predicted molar refractivity (Wildman–Crippen MR) is 71.6 cm³/mol. The third-order valence-electron chi connectivity index (χ3n) is 2.80. The molecule has 0 unspecified atom stereocenters. The van der Waals surface area contributed by atoms with Gasteiger partial charge < -0.3 is 5.73 Å². The van der Waals surface area contributed by atoms with E-state index in [1.807, 2.05) is 20.8 Å². The minimum atomic E-state index is -3.57. The number of nitrogens with two attached hydrogens (primary N) is 1. The first kappa shape index (κ1) is 15.0. The molecule has 0 atom stereocenters. The van der Waals surface area contributed by atoms with Crippen molar-refractivity contribution in [1.29, 1.82) is 0 Å². The molecule has 0 spiro atoms. The lowest BCUT2D eigenvalue weighted by atomic mass is 10.2. The van der Waals surface area contributed by atoms with Crippen molar-refractivity contribution < 1.29 is 8.42 Å². The fourth-order valence-corrected chi connectivity index (χ4v) is 3.18. The second-order valence-corrected chi connectivity index (χ2v) is 5.96. The van der Waals surface area contributed by atoms with Gasteiger partial charge >= 0.3 is 0 Å². The number of aryl methyl sites for hydroxylation is 1. The highest BCUT2D eigenvalue weighted by atomic mass is 32.2. The average molecular weight is 274 g/mol. The number of sulfonamides is 1. The fraction of sp³-hybridized carbons (Fsp3) is 0.727. The fourth-order valence-electron chi connectivity index (χ4n) is 1.71. The van der Waals surface area contributed by atoms with Crippen LogP contribution in [-0.2, 0) is 16.6 Å². The van der Waals surface area contributed by atoms with Gasteiger partial charge in [0, 0.05) is 18.8 Å². The van der Waals surface area contributed by atoms with Gasteiger partial charge in [-0.3, -0.25) is 4.68 Å². The first-order valence-corrected chi connectivity index (χ1v) is 7.78. The molecule has 0 aliphatic carbocycles. The van der Waals surface area contributed by atoms with Crippen molar-refractivity contribution in [2.45, 2.75) is 57.5 Å².